The summed E-state index contributed by atoms with van der Waals surface area (Å²) >= 11 is 1.60. The molecule has 1 saturated heterocycles. The van der Waals surface area contributed by atoms with Crippen LogP contribution in [-0.2, 0) is 0 Å². The fraction of sp³-hybridized carbons (Fsp3) is 0.316. The lowest BCUT2D eigenvalue weighted by molar-refractivity contribution is 0.589. The highest BCUT2D eigenvalue weighted by molar-refractivity contribution is 7.19. The van der Waals surface area contributed by atoms with Gasteiger partial charge in [0.15, 0.2) is 5.13 Å². The molecule has 8 heteroatoms. The number of thiazole rings is 1. The summed E-state index contributed by atoms with van der Waals surface area (Å²) in [6, 6.07) is 10.3. The molecule has 0 unspecified atom stereocenters. The van der Waals surface area contributed by atoms with E-state index >= 15 is 0 Å². The highest BCUT2D eigenvalue weighted by Gasteiger charge is 2.13. The lowest BCUT2D eigenvalue weighted by atomic mass is 10.2. The van der Waals surface area contributed by atoms with Gasteiger partial charge in [0.2, 0.25) is 5.95 Å². The quantitative estimate of drug-likeness (QED) is 0.627. The highest BCUT2D eigenvalue weighted by Crippen LogP contribution is 2.31. The second kappa shape index (κ2) is 7.89. The molecule has 7 nitrogen and oxygen atoms in total. The Hall–Kier alpha value is -2.71. The molecule has 4 rings (SSSR count). The minimum absolute atomic E-state index is 0.587. The molecule has 1 aliphatic rings. The van der Waals surface area contributed by atoms with Gasteiger partial charge in [0.05, 0.1) is 16.3 Å². The Morgan fingerprint density at radius 2 is 2.00 bits per heavy atom. The van der Waals surface area contributed by atoms with Gasteiger partial charge in [-0.25, -0.2) is 15.0 Å². The fourth-order valence-electron chi connectivity index (χ4n) is 3.12. The smallest absolute Gasteiger partial charge is 0.227 e. The van der Waals surface area contributed by atoms with Gasteiger partial charge in [-0.05, 0) is 31.2 Å². The van der Waals surface area contributed by atoms with Crippen molar-refractivity contribution < 1.29 is 0 Å². The van der Waals surface area contributed by atoms with Gasteiger partial charge in [-0.3, -0.25) is 0 Å². The maximum Gasteiger partial charge on any atom is 0.227 e. The van der Waals surface area contributed by atoms with E-state index in [1.54, 1.807) is 17.5 Å². The number of nitrogens with zero attached hydrogens (tertiary/aromatic N) is 4. The summed E-state index contributed by atoms with van der Waals surface area (Å²) in [6.45, 7) is 6.08. The van der Waals surface area contributed by atoms with Gasteiger partial charge in [0.1, 0.15) is 0 Å². The van der Waals surface area contributed by atoms with Crippen LogP contribution in [-0.4, -0.2) is 48.2 Å². The normalized spacial score (nSPS) is 14.2. The second-order valence-corrected chi connectivity index (χ2v) is 7.36. The standard InChI is InChI=1S/C19H23N7S/c1-13-17(27-19(20-2)23-13)16-6-7-22-18(25-16)24-14-4-3-5-15(12-14)26-10-8-21-9-11-26/h3-7,12,21H,8-11H2,1-2H3,(H,20,23)(H,22,24,25). The first kappa shape index (κ1) is 17.7. The van der Waals surface area contributed by atoms with Crippen molar-refractivity contribution in [3.8, 4) is 10.6 Å². The minimum Gasteiger partial charge on any atom is -0.369 e. The predicted octanol–water partition coefficient (Wildman–Crippen LogP) is 3.10. The third-order valence-corrected chi connectivity index (χ3v) is 5.68. The van der Waals surface area contributed by atoms with E-state index in [4.69, 9.17) is 0 Å². The van der Waals surface area contributed by atoms with Gasteiger partial charge in [0, 0.05) is 50.8 Å². The number of piperazine rings is 1. The summed E-state index contributed by atoms with van der Waals surface area (Å²) < 4.78 is 0. The van der Waals surface area contributed by atoms with Crippen LogP contribution in [0, 0.1) is 6.92 Å². The molecule has 3 heterocycles. The van der Waals surface area contributed by atoms with Crippen LogP contribution in [0.3, 0.4) is 0 Å². The van der Waals surface area contributed by atoms with Gasteiger partial charge in [0.25, 0.3) is 0 Å². The van der Waals surface area contributed by atoms with Crippen molar-refractivity contribution in [3.63, 3.8) is 0 Å². The molecule has 1 fully saturated rings. The maximum atomic E-state index is 4.69. The zero-order chi connectivity index (χ0) is 18.6. The maximum absolute atomic E-state index is 4.69. The van der Waals surface area contributed by atoms with E-state index in [1.165, 1.54) is 5.69 Å². The molecule has 1 aromatic carbocycles. The van der Waals surface area contributed by atoms with E-state index in [0.717, 1.165) is 53.3 Å². The Bertz CT molecular complexity index is 918. The molecule has 0 aliphatic carbocycles. The van der Waals surface area contributed by atoms with Crippen molar-refractivity contribution in [3.05, 3.63) is 42.2 Å². The topological polar surface area (TPSA) is 78.0 Å². The van der Waals surface area contributed by atoms with Crippen molar-refractivity contribution in [1.82, 2.24) is 20.3 Å². The number of hydrogen-bond acceptors (Lipinski definition) is 8. The molecule has 0 saturated carbocycles. The monoisotopic (exact) mass is 381 g/mol. The molecular weight excluding hydrogens is 358 g/mol. The molecule has 0 radical (unpaired) electrons. The molecular formula is C19H23N7S. The van der Waals surface area contributed by atoms with E-state index in [-0.39, 0.29) is 0 Å². The van der Waals surface area contributed by atoms with Crippen LogP contribution in [0.5, 0.6) is 0 Å². The van der Waals surface area contributed by atoms with E-state index in [1.807, 2.05) is 26.1 Å². The van der Waals surface area contributed by atoms with Gasteiger partial charge in [-0.1, -0.05) is 17.4 Å². The average Bonchev–Trinajstić information content (AvgIpc) is 3.10. The number of rotatable bonds is 5. The molecule has 3 aromatic rings. The van der Waals surface area contributed by atoms with Crippen LogP contribution < -0.4 is 20.9 Å². The molecule has 0 atom stereocenters. The van der Waals surface area contributed by atoms with Gasteiger partial charge >= 0.3 is 0 Å². The number of hydrogen-bond donors (Lipinski definition) is 3. The molecule has 2 aromatic heterocycles. The van der Waals surface area contributed by atoms with Crippen LogP contribution in [0.1, 0.15) is 5.69 Å². The Kier molecular flexibility index (Phi) is 5.17. The van der Waals surface area contributed by atoms with E-state index in [0.29, 0.717) is 5.95 Å². The summed E-state index contributed by atoms with van der Waals surface area (Å²) in [5.74, 6) is 0.587. The number of aromatic nitrogens is 3. The molecule has 0 bridgehead atoms. The first-order valence-electron chi connectivity index (χ1n) is 9.04. The number of nitrogens with one attached hydrogen (secondary N) is 3. The summed E-state index contributed by atoms with van der Waals surface area (Å²) in [4.78, 5) is 17.0. The van der Waals surface area contributed by atoms with Crippen molar-refractivity contribution in [2.45, 2.75) is 6.92 Å². The van der Waals surface area contributed by atoms with Crippen LogP contribution in [0.2, 0.25) is 0 Å². The Labute approximate surface area is 162 Å². The first-order chi connectivity index (χ1) is 13.2. The van der Waals surface area contributed by atoms with Gasteiger partial charge in [-0.2, -0.15) is 0 Å². The SMILES string of the molecule is CNc1nc(C)c(-c2ccnc(Nc3cccc(N4CCNCC4)c3)n2)s1. The number of anilines is 4. The lowest BCUT2D eigenvalue weighted by Crippen LogP contribution is -2.43. The van der Waals surface area contributed by atoms with Gasteiger partial charge < -0.3 is 20.9 Å². The summed E-state index contributed by atoms with van der Waals surface area (Å²) in [6.07, 6.45) is 1.78. The Morgan fingerprint density at radius 1 is 1.15 bits per heavy atom. The van der Waals surface area contributed by atoms with E-state index < -0.39 is 0 Å². The summed E-state index contributed by atoms with van der Waals surface area (Å²) in [5.41, 5.74) is 4.05. The minimum atomic E-state index is 0.587. The lowest BCUT2D eigenvalue weighted by Gasteiger charge is -2.29. The van der Waals surface area contributed by atoms with Crippen LogP contribution in [0.4, 0.5) is 22.5 Å². The zero-order valence-corrected chi connectivity index (χ0v) is 16.3. The average molecular weight is 382 g/mol. The first-order valence-corrected chi connectivity index (χ1v) is 9.86. The molecule has 140 valence electrons. The van der Waals surface area contributed by atoms with Crippen LogP contribution >= 0.6 is 11.3 Å². The number of benzene rings is 1. The summed E-state index contributed by atoms with van der Waals surface area (Å²) in [5, 5.41) is 10.7. The Morgan fingerprint density at radius 3 is 2.78 bits per heavy atom. The Balaban J connectivity index is 1.55. The van der Waals surface area contributed by atoms with Crippen LogP contribution in [0.25, 0.3) is 10.6 Å². The van der Waals surface area contributed by atoms with Gasteiger partial charge in [-0.15, -0.1) is 0 Å². The molecule has 27 heavy (non-hydrogen) atoms. The predicted molar refractivity (Wildman–Crippen MR) is 112 cm³/mol. The third-order valence-electron chi connectivity index (χ3n) is 4.48. The van der Waals surface area contributed by atoms with Crippen molar-refractivity contribution >= 4 is 33.8 Å². The third kappa shape index (κ3) is 4.01. The molecule has 0 spiro atoms. The van der Waals surface area contributed by atoms with Crippen molar-refractivity contribution in [2.24, 2.45) is 0 Å². The van der Waals surface area contributed by atoms with E-state index in [2.05, 4.69) is 54.0 Å². The second-order valence-electron chi connectivity index (χ2n) is 6.36. The van der Waals surface area contributed by atoms with E-state index in [9.17, 15) is 0 Å². The largest absolute Gasteiger partial charge is 0.369 e. The fourth-order valence-corrected chi connectivity index (χ4v) is 4.01. The van der Waals surface area contributed by atoms with Crippen molar-refractivity contribution in [1.29, 1.82) is 0 Å². The molecule has 1 aliphatic heterocycles. The zero-order valence-electron chi connectivity index (χ0n) is 15.5. The molecule has 0 amide bonds. The highest BCUT2D eigenvalue weighted by atomic mass is 32.1. The number of aryl methyl sites for hydroxylation is 1. The summed E-state index contributed by atoms with van der Waals surface area (Å²) in [7, 11) is 1.88. The molecule has 3 N–H and O–H groups in total. The van der Waals surface area contributed by atoms with Crippen molar-refractivity contribution in [2.75, 3.05) is 48.8 Å². The van der Waals surface area contributed by atoms with Crippen LogP contribution in [0.15, 0.2) is 36.5 Å².